The molecule has 1 aromatic carbocycles. The number of aromatic nitrogens is 1. The quantitative estimate of drug-likeness (QED) is 0.721. The number of fused-ring (bicyclic) bond motifs is 1. The fourth-order valence-corrected chi connectivity index (χ4v) is 2.28. The minimum atomic E-state index is -1.20. The number of carboxylic acids is 1. The molecule has 0 aliphatic rings. The van der Waals surface area contributed by atoms with Crippen molar-refractivity contribution in [3.8, 4) is 0 Å². The van der Waals surface area contributed by atoms with Gasteiger partial charge in [0, 0.05) is 27.1 Å². The van der Waals surface area contributed by atoms with Gasteiger partial charge in [-0.15, -0.1) is 0 Å². The highest BCUT2D eigenvalue weighted by Gasteiger charge is 2.25. The van der Waals surface area contributed by atoms with Crippen molar-refractivity contribution in [2.45, 2.75) is 6.04 Å². The van der Waals surface area contributed by atoms with Gasteiger partial charge in [0.1, 0.15) is 6.61 Å². The zero-order chi connectivity index (χ0) is 15.4. The number of ether oxygens (including phenoxy) is 1. The number of aromatic amines is 1. The number of hydrogen-bond donors (Lipinski definition) is 3. The third-order valence-electron chi connectivity index (χ3n) is 2.83. The van der Waals surface area contributed by atoms with Crippen LogP contribution < -0.4 is 5.32 Å². The Morgan fingerprint density at radius 2 is 2.29 bits per heavy atom. The fourth-order valence-electron chi connectivity index (χ4n) is 1.92. The Bertz CT molecular complexity index is 695. The zero-order valence-corrected chi connectivity index (χ0v) is 12.5. The van der Waals surface area contributed by atoms with Crippen LogP contribution in [0.15, 0.2) is 41.5 Å². The van der Waals surface area contributed by atoms with Crippen LogP contribution in [0.5, 0.6) is 0 Å². The first kappa shape index (κ1) is 15.1. The lowest BCUT2D eigenvalue weighted by molar-refractivity contribution is -0.139. The molecule has 1 amide bonds. The SMILES string of the molecule is C=CCOC(=O)NC(C(=O)O)c1c[nH]c2ccc(Br)cc12. The molecule has 2 aromatic rings. The summed E-state index contributed by atoms with van der Waals surface area (Å²) in [4.78, 5) is 25.9. The van der Waals surface area contributed by atoms with Gasteiger partial charge in [-0.25, -0.2) is 9.59 Å². The van der Waals surface area contributed by atoms with E-state index >= 15 is 0 Å². The normalized spacial score (nSPS) is 11.9. The van der Waals surface area contributed by atoms with Gasteiger partial charge in [0.25, 0.3) is 0 Å². The van der Waals surface area contributed by atoms with Gasteiger partial charge in [0.05, 0.1) is 0 Å². The van der Waals surface area contributed by atoms with Crippen LogP contribution in [0, 0.1) is 0 Å². The number of carbonyl (C=O) groups excluding carboxylic acids is 1. The fraction of sp³-hybridized carbons (Fsp3) is 0.143. The van der Waals surface area contributed by atoms with Crippen LogP contribution in [0.4, 0.5) is 4.79 Å². The Morgan fingerprint density at radius 1 is 1.52 bits per heavy atom. The molecular formula is C14H13BrN2O4. The highest BCUT2D eigenvalue weighted by atomic mass is 79.9. The average molecular weight is 353 g/mol. The monoisotopic (exact) mass is 352 g/mol. The number of benzene rings is 1. The molecule has 0 radical (unpaired) electrons. The lowest BCUT2D eigenvalue weighted by Gasteiger charge is -2.13. The molecule has 0 spiro atoms. The molecule has 0 fully saturated rings. The predicted octanol–water partition coefficient (Wildman–Crippen LogP) is 2.97. The van der Waals surface area contributed by atoms with Crippen LogP contribution in [0.25, 0.3) is 10.9 Å². The largest absolute Gasteiger partial charge is 0.479 e. The van der Waals surface area contributed by atoms with E-state index < -0.39 is 18.1 Å². The van der Waals surface area contributed by atoms with E-state index in [0.717, 1.165) is 9.99 Å². The summed E-state index contributed by atoms with van der Waals surface area (Å²) in [7, 11) is 0. The standard InChI is InChI=1S/C14H13BrN2O4/c1-2-5-21-14(20)17-12(13(18)19)10-7-16-11-4-3-8(15)6-9(10)11/h2-4,6-7,12,16H,1,5H2,(H,17,20)(H,18,19). The van der Waals surface area contributed by atoms with Crippen molar-refractivity contribution >= 4 is 38.9 Å². The maximum atomic E-state index is 11.6. The van der Waals surface area contributed by atoms with Crippen LogP contribution in [0.1, 0.15) is 11.6 Å². The molecule has 2 rings (SSSR count). The first-order chi connectivity index (χ1) is 10.0. The van der Waals surface area contributed by atoms with Crippen molar-refractivity contribution in [1.82, 2.24) is 10.3 Å². The van der Waals surface area contributed by atoms with Crippen molar-refractivity contribution in [2.24, 2.45) is 0 Å². The highest BCUT2D eigenvalue weighted by molar-refractivity contribution is 9.10. The Balaban J connectivity index is 2.32. The second kappa shape index (κ2) is 6.45. The van der Waals surface area contributed by atoms with Gasteiger partial charge in [-0.3, -0.25) is 0 Å². The molecule has 0 saturated heterocycles. The topological polar surface area (TPSA) is 91.4 Å². The molecule has 110 valence electrons. The minimum absolute atomic E-state index is 0.0115. The van der Waals surface area contributed by atoms with Gasteiger partial charge in [-0.2, -0.15) is 0 Å². The van der Waals surface area contributed by atoms with E-state index in [1.807, 2.05) is 12.1 Å². The van der Waals surface area contributed by atoms with E-state index in [0.29, 0.717) is 10.9 Å². The number of hydrogen-bond acceptors (Lipinski definition) is 3. The molecular weight excluding hydrogens is 340 g/mol. The summed E-state index contributed by atoms with van der Waals surface area (Å²) >= 11 is 3.34. The van der Waals surface area contributed by atoms with E-state index in [2.05, 4.69) is 32.8 Å². The van der Waals surface area contributed by atoms with Crippen LogP contribution in [0.3, 0.4) is 0 Å². The molecule has 7 heteroatoms. The Morgan fingerprint density at radius 3 is 2.95 bits per heavy atom. The Labute approximate surface area is 128 Å². The lowest BCUT2D eigenvalue weighted by atomic mass is 10.1. The third-order valence-corrected chi connectivity index (χ3v) is 3.32. The second-order valence-corrected chi connectivity index (χ2v) is 5.15. The van der Waals surface area contributed by atoms with Crippen LogP contribution in [-0.2, 0) is 9.53 Å². The summed E-state index contributed by atoms with van der Waals surface area (Å²) in [6.45, 7) is 3.43. The smallest absolute Gasteiger partial charge is 0.408 e. The van der Waals surface area contributed by atoms with Gasteiger partial charge in [-0.1, -0.05) is 28.6 Å². The van der Waals surface area contributed by atoms with Crippen molar-refractivity contribution < 1.29 is 19.4 Å². The first-order valence-electron chi connectivity index (χ1n) is 6.06. The first-order valence-corrected chi connectivity index (χ1v) is 6.85. The number of nitrogens with one attached hydrogen (secondary N) is 2. The molecule has 21 heavy (non-hydrogen) atoms. The van der Waals surface area contributed by atoms with E-state index in [-0.39, 0.29) is 6.61 Å². The molecule has 0 saturated carbocycles. The molecule has 1 heterocycles. The summed E-state index contributed by atoms with van der Waals surface area (Å²) in [6.07, 6.45) is 2.15. The molecule has 0 aliphatic heterocycles. The van der Waals surface area contributed by atoms with Crippen molar-refractivity contribution in [1.29, 1.82) is 0 Å². The number of carbonyl (C=O) groups is 2. The number of halogens is 1. The van der Waals surface area contributed by atoms with E-state index in [4.69, 9.17) is 4.74 Å². The number of H-pyrrole nitrogens is 1. The number of amides is 1. The maximum Gasteiger partial charge on any atom is 0.408 e. The number of aliphatic carboxylic acids is 1. The summed E-state index contributed by atoms with van der Waals surface area (Å²) in [5, 5.41) is 12.4. The second-order valence-electron chi connectivity index (χ2n) is 4.24. The van der Waals surface area contributed by atoms with Gasteiger partial charge >= 0.3 is 12.1 Å². The molecule has 1 aromatic heterocycles. The van der Waals surface area contributed by atoms with Crippen molar-refractivity contribution in [3.63, 3.8) is 0 Å². The van der Waals surface area contributed by atoms with Gasteiger partial charge in [-0.05, 0) is 18.2 Å². The molecule has 1 unspecified atom stereocenters. The number of rotatable bonds is 5. The summed E-state index contributed by atoms with van der Waals surface area (Å²) < 4.78 is 5.57. The van der Waals surface area contributed by atoms with E-state index in [1.165, 1.54) is 6.08 Å². The van der Waals surface area contributed by atoms with Gasteiger partial charge in [0.15, 0.2) is 6.04 Å². The number of alkyl carbamates (subject to hydrolysis) is 1. The summed E-state index contributed by atoms with van der Waals surface area (Å²) in [5.74, 6) is -1.17. The zero-order valence-electron chi connectivity index (χ0n) is 10.9. The molecule has 3 N–H and O–H groups in total. The maximum absolute atomic E-state index is 11.6. The van der Waals surface area contributed by atoms with Gasteiger partial charge in [0.2, 0.25) is 0 Å². The highest BCUT2D eigenvalue weighted by Crippen LogP contribution is 2.27. The van der Waals surface area contributed by atoms with Crippen LogP contribution in [-0.4, -0.2) is 28.8 Å². The van der Waals surface area contributed by atoms with Crippen molar-refractivity contribution in [3.05, 3.63) is 47.1 Å². The van der Waals surface area contributed by atoms with Crippen LogP contribution >= 0.6 is 15.9 Å². The van der Waals surface area contributed by atoms with Crippen LogP contribution in [0.2, 0.25) is 0 Å². The summed E-state index contributed by atoms with van der Waals surface area (Å²) in [6, 6.07) is 4.24. The Kier molecular flexibility index (Phi) is 4.64. The van der Waals surface area contributed by atoms with Crippen molar-refractivity contribution in [2.75, 3.05) is 6.61 Å². The molecule has 1 atom stereocenters. The van der Waals surface area contributed by atoms with E-state index in [9.17, 15) is 14.7 Å². The molecule has 0 aliphatic carbocycles. The third kappa shape index (κ3) is 3.43. The number of carboxylic acid groups (broad SMARTS) is 1. The predicted molar refractivity (Wildman–Crippen MR) is 81.1 cm³/mol. The Hall–Kier alpha value is -2.28. The minimum Gasteiger partial charge on any atom is -0.479 e. The lowest BCUT2D eigenvalue weighted by Crippen LogP contribution is -2.34. The molecule has 6 nitrogen and oxygen atoms in total. The van der Waals surface area contributed by atoms with E-state index in [1.54, 1.807) is 12.3 Å². The average Bonchev–Trinajstić information content (AvgIpc) is 2.85. The molecule has 0 bridgehead atoms. The summed E-state index contributed by atoms with van der Waals surface area (Å²) in [5.41, 5.74) is 1.23. The van der Waals surface area contributed by atoms with Gasteiger partial charge < -0.3 is 20.1 Å².